The molecule has 0 aliphatic carbocycles. The Morgan fingerprint density at radius 1 is 1.50 bits per heavy atom. The third kappa shape index (κ3) is 1.83. The number of aliphatic hydroxyl groups excluding tert-OH is 1. The molecule has 0 aliphatic rings. The first kappa shape index (κ1) is 9.20. The first-order valence-corrected chi connectivity index (χ1v) is 4.33. The molecule has 0 amide bonds. The van der Waals surface area contributed by atoms with Crippen LogP contribution in [0.15, 0.2) is 12.3 Å². The van der Waals surface area contributed by atoms with Crippen LogP contribution in [-0.2, 0) is 13.0 Å². The van der Waals surface area contributed by atoms with E-state index in [-0.39, 0.29) is 6.61 Å². The van der Waals surface area contributed by atoms with Crippen LogP contribution in [0, 0.1) is 6.92 Å². The Morgan fingerprint density at radius 2 is 2.25 bits per heavy atom. The Balaban J connectivity index is 3.00. The van der Waals surface area contributed by atoms with Gasteiger partial charge in [-0.05, 0) is 25.0 Å². The van der Waals surface area contributed by atoms with E-state index < -0.39 is 0 Å². The van der Waals surface area contributed by atoms with Crippen LogP contribution in [0.2, 0.25) is 0 Å². The first-order valence-electron chi connectivity index (χ1n) is 4.33. The van der Waals surface area contributed by atoms with E-state index in [0.29, 0.717) is 0 Å². The van der Waals surface area contributed by atoms with Crippen molar-refractivity contribution < 1.29 is 5.11 Å². The number of aliphatic hydroxyl groups is 1. The highest BCUT2D eigenvalue weighted by Crippen LogP contribution is 2.12. The lowest BCUT2D eigenvalue weighted by Crippen LogP contribution is -1.99. The topological polar surface area (TPSA) is 33.1 Å². The third-order valence-electron chi connectivity index (χ3n) is 2.02. The number of aryl methyl sites for hydroxylation is 2. The molecule has 0 radical (unpaired) electrons. The minimum absolute atomic E-state index is 0.106. The van der Waals surface area contributed by atoms with Crippen molar-refractivity contribution in [3.63, 3.8) is 0 Å². The summed E-state index contributed by atoms with van der Waals surface area (Å²) < 4.78 is 0. The Morgan fingerprint density at radius 3 is 2.83 bits per heavy atom. The van der Waals surface area contributed by atoms with Gasteiger partial charge in [0.15, 0.2) is 0 Å². The number of rotatable bonds is 3. The maximum atomic E-state index is 9.09. The zero-order valence-electron chi connectivity index (χ0n) is 7.67. The van der Waals surface area contributed by atoms with Crippen LogP contribution in [0.4, 0.5) is 0 Å². The van der Waals surface area contributed by atoms with Crippen LogP contribution < -0.4 is 0 Å². The molecule has 0 atom stereocenters. The van der Waals surface area contributed by atoms with Crippen LogP contribution in [0.5, 0.6) is 0 Å². The van der Waals surface area contributed by atoms with Gasteiger partial charge in [0.1, 0.15) is 0 Å². The van der Waals surface area contributed by atoms with Gasteiger partial charge in [-0.15, -0.1) is 0 Å². The molecule has 66 valence electrons. The molecule has 1 aromatic rings. The van der Waals surface area contributed by atoms with Crippen molar-refractivity contribution in [3.8, 4) is 0 Å². The summed E-state index contributed by atoms with van der Waals surface area (Å²) in [5.41, 5.74) is 3.18. The monoisotopic (exact) mass is 165 g/mol. The summed E-state index contributed by atoms with van der Waals surface area (Å²) in [6, 6.07) is 1.94. The Kier molecular flexibility index (Phi) is 3.23. The fourth-order valence-corrected chi connectivity index (χ4v) is 1.31. The van der Waals surface area contributed by atoms with Gasteiger partial charge in [-0.3, -0.25) is 4.98 Å². The highest BCUT2D eigenvalue weighted by Gasteiger charge is 2.03. The Labute approximate surface area is 73.3 Å². The molecule has 0 bridgehead atoms. The molecule has 2 heteroatoms. The summed E-state index contributed by atoms with van der Waals surface area (Å²) in [5, 5.41) is 9.09. The average Bonchev–Trinajstić information content (AvgIpc) is 2.05. The Bertz CT molecular complexity index is 258. The number of nitrogens with zero attached hydrogens (tertiary/aromatic N) is 1. The van der Waals surface area contributed by atoms with Gasteiger partial charge in [0.05, 0.1) is 6.61 Å². The summed E-state index contributed by atoms with van der Waals surface area (Å²) in [6.45, 7) is 4.23. The maximum absolute atomic E-state index is 9.09. The molecule has 0 fully saturated rings. The van der Waals surface area contributed by atoms with Crippen molar-refractivity contribution in [2.24, 2.45) is 0 Å². The van der Waals surface area contributed by atoms with E-state index >= 15 is 0 Å². The Hall–Kier alpha value is -0.890. The predicted molar refractivity (Wildman–Crippen MR) is 48.9 cm³/mol. The predicted octanol–water partition coefficient (Wildman–Crippen LogP) is 1.83. The number of hydrogen-bond donors (Lipinski definition) is 1. The quantitative estimate of drug-likeness (QED) is 0.741. The molecule has 1 heterocycles. The van der Waals surface area contributed by atoms with E-state index in [1.54, 1.807) is 6.20 Å². The zero-order chi connectivity index (χ0) is 8.97. The molecule has 0 aromatic carbocycles. The number of aromatic nitrogens is 1. The lowest BCUT2D eigenvalue weighted by molar-refractivity contribution is 0.279. The van der Waals surface area contributed by atoms with E-state index in [0.717, 1.165) is 29.7 Å². The molecule has 12 heavy (non-hydrogen) atoms. The maximum Gasteiger partial charge on any atom is 0.0702 e. The van der Waals surface area contributed by atoms with Gasteiger partial charge in [-0.1, -0.05) is 13.3 Å². The van der Waals surface area contributed by atoms with E-state index in [9.17, 15) is 0 Å². The fourth-order valence-electron chi connectivity index (χ4n) is 1.31. The van der Waals surface area contributed by atoms with Crippen LogP contribution in [0.25, 0.3) is 0 Å². The molecule has 0 aliphatic heterocycles. The largest absolute Gasteiger partial charge is 0.392 e. The summed E-state index contributed by atoms with van der Waals surface area (Å²) >= 11 is 0. The second-order valence-corrected chi connectivity index (χ2v) is 2.96. The van der Waals surface area contributed by atoms with Crippen molar-refractivity contribution in [1.82, 2.24) is 4.98 Å². The molecule has 2 nitrogen and oxygen atoms in total. The highest BCUT2D eigenvalue weighted by molar-refractivity contribution is 5.28. The van der Waals surface area contributed by atoms with Crippen LogP contribution >= 0.6 is 0 Å². The third-order valence-corrected chi connectivity index (χ3v) is 2.02. The molecule has 1 rings (SSSR count). The van der Waals surface area contributed by atoms with E-state index in [1.165, 1.54) is 0 Å². The van der Waals surface area contributed by atoms with Gasteiger partial charge in [-0.2, -0.15) is 0 Å². The van der Waals surface area contributed by atoms with Crippen molar-refractivity contribution >= 4 is 0 Å². The second-order valence-electron chi connectivity index (χ2n) is 2.96. The van der Waals surface area contributed by atoms with Gasteiger partial charge in [0.2, 0.25) is 0 Å². The first-order chi connectivity index (χ1) is 5.79. The lowest BCUT2D eigenvalue weighted by Gasteiger charge is -2.07. The van der Waals surface area contributed by atoms with Gasteiger partial charge in [0.25, 0.3) is 0 Å². The van der Waals surface area contributed by atoms with E-state index in [2.05, 4.69) is 11.9 Å². The van der Waals surface area contributed by atoms with Gasteiger partial charge >= 0.3 is 0 Å². The zero-order valence-corrected chi connectivity index (χ0v) is 7.67. The summed E-state index contributed by atoms with van der Waals surface area (Å²) in [5.74, 6) is 0. The van der Waals surface area contributed by atoms with E-state index in [4.69, 9.17) is 5.11 Å². The van der Waals surface area contributed by atoms with Gasteiger partial charge < -0.3 is 5.11 Å². The van der Waals surface area contributed by atoms with Gasteiger partial charge in [0, 0.05) is 17.5 Å². The highest BCUT2D eigenvalue weighted by atomic mass is 16.3. The molecule has 0 saturated carbocycles. The number of pyridine rings is 1. The molecule has 1 aromatic heterocycles. The molecular weight excluding hydrogens is 150 g/mol. The summed E-state index contributed by atoms with van der Waals surface area (Å²) in [6.07, 6.45) is 3.83. The molecule has 1 N–H and O–H groups in total. The van der Waals surface area contributed by atoms with Crippen molar-refractivity contribution in [1.29, 1.82) is 0 Å². The SMILES string of the molecule is CCCc1nccc(C)c1CO. The summed E-state index contributed by atoms with van der Waals surface area (Å²) in [7, 11) is 0. The fraction of sp³-hybridized carbons (Fsp3) is 0.500. The minimum Gasteiger partial charge on any atom is -0.392 e. The molecule has 0 saturated heterocycles. The van der Waals surface area contributed by atoms with Gasteiger partial charge in [-0.25, -0.2) is 0 Å². The average molecular weight is 165 g/mol. The summed E-state index contributed by atoms with van der Waals surface area (Å²) in [4.78, 5) is 4.24. The van der Waals surface area contributed by atoms with Crippen LogP contribution in [0.1, 0.15) is 30.2 Å². The molecule has 0 spiro atoms. The molecule has 0 unspecified atom stereocenters. The van der Waals surface area contributed by atoms with Crippen molar-refractivity contribution in [2.75, 3.05) is 0 Å². The van der Waals surface area contributed by atoms with Crippen molar-refractivity contribution in [2.45, 2.75) is 33.3 Å². The smallest absolute Gasteiger partial charge is 0.0702 e. The van der Waals surface area contributed by atoms with Crippen LogP contribution in [-0.4, -0.2) is 10.1 Å². The van der Waals surface area contributed by atoms with E-state index in [1.807, 2.05) is 13.0 Å². The minimum atomic E-state index is 0.106. The standard InChI is InChI=1S/C10H15NO/c1-3-4-10-9(7-12)8(2)5-6-11-10/h5-6,12H,3-4,7H2,1-2H3. The lowest BCUT2D eigenvalue weighted by atomic mass is 10.1. The van der Waals surface area contributed by atoms with Crippen molar-refractivity contribution in [3.05, 3.63) is 29.1 Å². The molecular formula is C10H15NO. The number of hydrogen-bond acceptors (Lipinski definition) is 2. The van der Waals surface area contributed by atoms with Crippen LogP contribution in [0.3, 0.4) is 0 Å². The second kappa shape index (κ2) is 4.21. The normalized spacial score (nSPS) is 10.2.